The summed E-state index contributed by atoms with van der Waals surface area (Å²) in [7, 11) is -1.59. The zero-order chi connectivity index (χ0) is 23.5. The minimum Gasteiger partial charge on any atom is -0.393 e. The van der Waals surface area contributed by atoms with Gasteiger partial charge >= 0.3 is 0 Å². The summed E-state index contributed by atoms with van der Waals surface area (Å²) >= 11 is 0. The first-order valence-corrected chi connectivity index (χ1v) is 17.7. The Labute approximate surface area is 201 Å². The second-order valence-electron chi connectivity index (χ2n) is 14.7. The highest BCUT2D eigenvalue weighted by atomic mass is 28.3. The Morgan fingerprint density at radius 2 is 1.69 bits per heavy atom. The molecule has 0 aliphatic heterocycles. The average Bonchev–Trinajstić information content (AvgIpc) is 3.04. The molecule has 32 heavy (non-hydrogen) atoms. The average molecular weight is 459 g/mol. The van der Waals surface area contributed by atoms with Gasteiger partial charge in [-0.1, -0.05) is 85.2 Å². The molecular formula is C30H54OSi. The molecule has 4 rings (SSSR count). The molecule has 0 amide bonds. The molecule has 4 aliphatic rings. The van der Waals surface area contributed by atoms with Gasteiger partial charge in [-0.3, -0.25) is 0 Å². The summed E-state index contributed by atoms with van der Waals surface area (Å²) in [6, 6.07) is 0. The monoisotopic (exact) mass is 458 g/mol. The SMILES string of the molecule is CC(C)CCC[C@@H](C)[C@H]1CC[C@H]2[C@@H]3CC=C4CC(O)([Si](C)(C)C)CC[C@]4(C)[C@H]3CC[C@]12C. The van der Waals surface area contributed by atoms with Crippen molar-refractivity contribution >= 4 is 8.07 Å². The van der Waals surface area contributed by atoms with Gasteiger partial charge in [-0.05, 0) is 97.7 Å². The van der Waals surface area contributed by atoms with Crippen LogP contribution in [0.1, 0.15) is 105 Å². The van der Waals surface area contributed by atoms with Crippen molar-refractivity contribution in [2.24, 2.45) is 46.3 Å². The number of hydrogen-bond donors (Lipinski definition) is 1. The van der Waals surface area contributed by atoms with Crippen LogP contribution in [0.3, 0.4) is 0 Å². The van der Waals surface area contributed by atoms with Gasteiger partial charge in [-0.2, -0.15) is 0 Å². The van der Waals surface area contributed by atoms with Gasteiger partial charge in [0.15, 0.2) is 0 Å². The largest absolute Gasteiger partial charge is 0.393 e. The van der Waals surface area contributed by atoms with Crippen molar-refractivity contribution in [2.45, 2.75) is 130 Å². The molecule has 0 heterocycles. The molecule has 2 heteroatoms. The van der Waals surface area contributed by atoms with Crippen LogP contribution in [0.15, 0.2) is 11.6 Å². The molecule has 0 saturated heterocycles. The van der Waals surface area contributed by atoms with Crippen LogP contribution in [0.5, 0.6) is 0 Å². The predicted octanol–water partition coefficient (Wildman–Crippen LogP) is 8.64. The number of allylic oxidation sites excluding steroid dienone is 1. The van der Waals surface area contributed by atoms with Crippen molar-refractivity contribution in [3.05, 3.63) is 11.6 Å². The van der Waals surface area contributed by atoms with Gasteiger partial charge in [-0.15, -0.1) is 0 Å². The van der Waals surface area contributed by atoms with Crippen molar-refractivity contribution in [2.75, 3.05) is 0 Å². The Hall–Kier alpha value is -0.0831. The lowest BCUT2D eigenvalue weighted by Crippen LogP contribution is -2.58. The summed E-state index contributed by atoms with van der Waals surface area (Å²) in [5.74, 6) is 5.39. The molecule has 1 unspecified atom stereocenters. The highest BCUT2D eigenvalue weighted by Gasteiger charge is 2.60. The Balaban J connectivity index is 1.51. The first-order valence-electron chi connectivity index (χ1n) is 14.2. The molecule has 0 bridgehead atoms. The lowest BCUT2D eigenvalue weighted by atomic mass is 9.47. The van der Waals surface area contributed by atoms with E-state index in [9.17, 15) is 5.11 Å². The van der Waals surface area contributed by atoms with Gasteiger partial charge in [0.05, 0.1) is 13.3 Å². The molecule has 3 fully saturated rings. The van der Waals surface area contributed by atoms with Crippen molar-refractivity contribution in [3.8, 4) is 0 Å². The van der Waals surface area contributed by atoms with Crippen LogP contribution in [-0.2, 0) is 0 Å². The lowest BCUT2D eigenvalue weighted by Gasteiger charge is -2.60. The van der Waals surface area contributed by atoms with Gasteiger partial charge < -0.3 is 5.11 Å². The normalized spacial score (nSPS) is 45.1. The number of aliphatic hydroxyl groups is 1. The molecule has 4 aliphatic carbocycles. The zero-order valence-electron chi connectivity index (χ0n) is 22.8. The summed E-state index contributed by atoms with van der Waals surface area (Å²) < 4.78 is 0. The molecule has 1 N–H and O–H groups in total. The van der Waals surface area contributed by atoms with Gasteiger partial charge in [0, 0.05) is 0 Å². The number of hydrogen-bond acceptors (Lipinski definition) is 1. The summed E-state index contributed by atoms with van der Waals surface area (Å²) in [4.78, 5) is 0. The van der Waals surface area contributed by atoms with Crippen LogP contribution in [0, 0.1) is 46.3 Å². The smallest absolute Gasteiger partial charge is 0.0824 e. The summed E-state index contributed by atoms with van der Waals surface area (Å²) in [6.07, 6.45) is 17.3. The first-order chi connectivity index (χ1) is 14.8. The topological polar surface area (TPSA) is 20.2 Å². The van der Waals surface area contributed by atoms with Crippen molar-refractivity contribution in [1.29, 1.82) is 0 Å². The van der Waals surface area contributed by atoms with Gasteiger partial charge in [0.2, 0.25) is 0 Å². The van der Waals surface area contributed by atoms with Crippen LogP contribution >= 0.6 is 0 Å². The second-order valence-corrected chi connectivity index (χ2v) is 20.2. The van der Waals surface area contributed by atoms with E-state index in [0.717, 1.165) is 48.3 Å². The van der Waals surface area contributed by atoms with Crippen LogP contribution in [0.25, 0.3) is 0 Å². The van der Waals surface area contributed by atoms with Crippen molar-refractivity contribution < 1.29 is 5.11 Å². The van der Waals surface area contributed by atoms with Crippen LogP contribution < -0.4 is 0 Å². The third kappa shape index (κ3) is 4.02. The van der Waals surface area contributed by atoms with E-state index in [-0.39, 0.29) is 0 Å². The fraction of sp³-hybridized carbons (Fsp3) is 0.933. The summed E-state index contributed by atoms with van der Waals surface area (Å²) in [5.41, 5.74) is 2.58. The van der Waals surface area contributed by atoms with Crippen molar-refractivity contribution in [3.63, 3.8) is 0 Å². The molecule has 0 radical (unpaired) electrons. The minimum absolute atomic E-state index is 0.358. The van der Waals surface area contributed by atoms with E-state index in [1.54, 1.807) is 5.57 Å². The highest BCUT2D eigenvalue weighted by molar-refractivity contribution is 6.78. The lowest BCUT2D eigenvalue weighted by molar-refractivity contribution is -0.0624. The van der Waals surface area contributed by atoms with E-state index >= 15 is 0 Å². The van der Waals surface area contributed by atoms with E-state index in [4.69, 9.17) is 0 Å². The Bertz CT molecular complexity index is 719. The maximum atomic E-state index is 11.6. The fourth-order valence-electron chi connectivity index (χ4n) is 9.31. The van der Waals surface area contributed by atoms with Crippen molar-refractivity contribution in [1.82, 2.24) is 0 Å². The maximum Gasteiger partial charge on any atom is 0.0824 e. The van der Waals surface area contributed by atoms with Crippen LogP contribution in [0.2, 0.25) is 19.6 Å². The Kier molecular flexibility index (Phi) is 6.68. The van der Waals surface area contributed by atoms with Gasteiger partial charge in [0.25, 0.3) is 0 Å². The molecule has 184 valence electrons. The highest BCUT2D eigenvalue weighted by Crippen LogP contribution is 2.68. The molecule has 8 atom stereocenters. The molecule has 0 aromatic carbocycles. The van der Waals surface area contributed by atoms with E-state index in [1.807, 2.05) is 0 Å². The van der Waals surface area contributed by atoms with Crippen LogP contribution in [-0.4, -0.2) is 18.4 Å². The maximum absolute atomic E-state index is 11.6. The van der Waals surface area contributed by atoms with Crippen LogP contribution in [0.4, 0.5) is 0 Å². The first kappa shape index (κ1) is 25.0. The minimum atomic E-state index is -1.59. The summed E-state index contributed by atoms with van der Waals surface area (Å²) in [5, 5.41) is 11.2. The van der Waals surface area contributed by atoms with Gasteiger partial charge in [0.1, 0.15) is 0 Å². The number of fused-ring (bicyclic) bond motifs is 5. The second kappa shape index (κ2) is 8.54. The van der Waals surface area contributed by atoms with E-state index in [1.165, 1.54) is 57.8 Å². The number of rotatable bonds is 6. The predicted molar refractivity (Wildman–Crippen MR) is 141 cm³/mol. The molecule has 0 spiro atoms. The van der Waals surface area contributed by atoms with E-state index < -0.39 is 13.3 Å². The summed E-state index contributed by atoms with van der Waals surface area (Å²) in [6.45, 7) is 19.8. The standard InChI is InChI=1S/C30H54OSi/c1-21(2)10-9-11-22(3)25-14-15-26-24-13-12-23-20-30(31,32(6,7)8)19-18-28(23,4)27(24)16-17-29(25,26)5/h12,21-22,24-27,31H,9-11,13-20H2,1-8H3/t22-,24+,25-,26+,27+,28+,29-,30?/m1/s1. The zero-order valence-corrected chi connectivity index (χ0v) is 23.8. The quantitative estimate of drug-likeness (QED) is 0.312. The fourth-order valence-corrected chi connectivity index (χ4v) is 10.9. The molecule has 3 saturated carbocycles. The Morgan fingerprint density at radius 3 is 2.34 bits per heavy atom. The third-order valence-electron chi connectivity index (χ3n) is 11.8. The molecule has 0 aromatic rings. The molecule has 1 nitrogen and oxygen atoms in total. The van der Waals surface area contributed by atoms with Gasteiger partial charge in [-0.25, -0.2) is 0 Å². The third-order valence-corrected chi connectivity index (χ3v) is 15.0. The molecule has 0 aromatic heterocycles. The molecular weight excluding hydrogens is 404 g/mol. The van der Waals surface area contributed by atoms with E-state index in [2.05, 4.69) is 60.3 Å². The Morgan fingerprint density at radius 1 is 0.969 bits per heavy atom. The van der Waals surface area contributed by atoms with E-state index in [0.29, 0.717) is 10.8 Å².